The van der Waals surface area contributed by atoms with E-state index in [1.165, 1.54) is 30.0 Å². The van der Waals surface area contributed by atoms with Gasteiger partial charge >= 0.3 is 5.69 Å². The molecule has 25 heavy (non-hydrogen) atoms. The molecule has 0 unspecified atom stereocenters. The fourth-order valence-electron chi connectivity index (χ4n) is 2.55. The summed E-state index contributed by atoms with van der Waals surface area (Å²) in [7, 11) is 2.99. The van der Waals surface area contributed by atoms with Crippen molar-refractivity contribution in [3.63, 3.8) is 0 Å². The van der Waals surface area contributed by atoms with Crippen molar-refractivity contribution in [2.75, 3.05) is 5.43 Å². The molecule has 0 saturated carbocycles. The van der Waals surface area contributed by atoms with Gasteiger partial charge in [-0.05, 0) is 24.6 Å². The quantitative estimate of drug-likeness (QED) is 0.566. The number of benzene rings is 1. The summed E-state index contributed by atoms with van der Waals surface area (Å²) in [5.41, 5.74) is 3.23. The first-order valence-corrected chi connectivity index (χ1v) is 7.65. The highest BCUT2D eigenvalue weighted by atomic mass is 19.1. The molecule has 1 N–H and O–H groups in total. The third kappa shape index (κ3) is 2.84. The molecule has 2 heterocycles. The summed E-state index contributed by atoms with van der Waals surface area (Å²) < 4.78 is 16.9. The second kappa shape index (κ2) is 6.34. The Morgan fingerprint density at radius 3 is 2.52 bits per heavy atom. The van der Waals surface area contributed by atoms with Gasteiger partial charge < -0.3 is 4.57 Å². The number of anilines is 1. The van der Waals surface area contributed by atoms with E-state index in [-0.39, 0.29) is 11.5 Å². The number of aromatic nitrogens is 4. The third-order valence-electron chi connectivity index (χ3n) is 3.91. The Kier molecular flexibility index (Phi) is 4.22. The van der Waals surface area contributed by atoms with E-state index in [4.69, 9.17) is 0 Å². The summed E-state index contributed by atoms with van der Waals surface area (Å²) in [6.07, 6.45) is 1.51. The van der Waals surface area contributed by atoms with Crippen molar-refractivity contribution in [1.29, 1.82) is 0 Å². The van der Waals surface area contributed by atoms with E-state index in [1.807, 2.05) is 6.92 Å². The molecule has 0 saturated heterocycles. The second-order valence-electron chi connectivity index (χ2n) is 5.48. The zero-order valence-corrected chi connectivity index (χ0v) is 14.0. The smallest absolute Gasteiger partial charge is 0.303 e. The molecular weight excluding hydrogens is 327 g/mol. The normalized spacial score (nSPS) is 11.5. The van der Waals surface area contributed by atoms with Gasteiger partial charge in [0, 0.05) is 20.6 Å². The summed E-state index contributed by atoms with van der Waals surface area (Å²) in [6, 6.07) is 5.84. The lowest BCUT2D eigenvalue weighted by Gasteiger charge is -2.05. The van der Waals surface area contributed by atoms with Crippen LogP contribution in [-0.4, -0.2) is 24.9 Å². The first-order chi connectivity index (χ1) is 11.9. The fraction of sp³-hybridized carbons (Fsp3) is 0.250. The lowest BCUT2D eigenvalue weighted by atomic mass is 10.2. The van der Waals surface area contributed by atoms with Crippen LogP contribution in [0.2, 0.25) is 0 Å². The average Bonchev–Trinajstić information content (AvgIpc) is 2.98. The number of hydrogen-bond acceptors (Lipinski definition) is 5. The lowest BCUT2D eigenvalue weighted by Crippen LogP contribution is -2.37. The highest BCUT2D eigenvalue weighted by Crippen LogP contribution is 2.15. The fourth-order valence-corrected chi connectivity index (χ4v) is 2.55. The first-order valence-electron chi connectivity index (χ1n) is 7.65. The van der Waals surface area contributed by atoms with Gasteiger partial charge in [0.25, 0.3) is 5.56 Å². The molecule has 3 rings (SSSR count). The SMILES string of the molecule is CCn1c(N/N=C/c2ccc(F)cc2)nc2c1c(=O)n(C)c(=O)n2C. The first kappa shape index (κ1) is 16.6. The van der Waals surface area contributed by atoms with E-state index in [1.54, 1.807) is 23.7 Å². The molecule has 0 fully saturated rings. The van der Waals surface area contributed by atoms with Gasteiger partial charge in [0.1, 0.15) is 5.82 Å². The van der Waals surface area contributed by atoms with Crippen molar-refractivity contribution < 1.29 is 4.39 Å². The Morgan fingerprint density at radius 2 is 1.88 bits per heavy atom. The Morgan fingerprint density at radius 1 is 1.20 bits per heavy atom. The Hall–Kier alpha value is -3.23. The highest BCUT2D eigenvalue weighted by molar-refractivity contribution is 5.80. The van der Waals surface area contributed by atoms with Gasteiger partial charge in [-0.2, -0.15) is 10.1 Å². The standard InChI is InChI=1S/C16H17FN6O2/c1-4-23-12-13(21(2)16(25)22(3)14(12)24)19-15(23)20-18-9-10-5-7-11(17)8-6-10/h5-9H,4H2,1-3H3,(H,19,20)/b18-9+. The summed E-state index contributed by atoms with van der Waals surface area (Å²) in [5, 5.41) is 4.07. The Bertz CT molecular complexity index is 1080. The minimum absolute atomic E-state index is 0.287. The monoisotopic (exact) mass is 344 g/mol. The number of hydrogen-bond donors (Lipinski definition) is 1. The number of halogens is 1. The summed E-state index contributed by atoms with van der Waals surface area (Å²) >= 11 is 0. The largest absolute Gasteiger partial charge is 0.332 e. The van der Waals surface area contributed by atoms with Crippen LogP contribution >= 0.6 is 0 Å². The minimum atomic E-state index is -0.445. The van der Waals surface area contributed by atoms with E-state index in [0.29, 0.717) is 23.6 Å². The van der Waals surface area contributed by atoms with Crippen molar-refractivity contribution in [3.05, 3.63) is 56.5 Å². The number of hydrazone groups is 1. The maximum Gasteiger partial charge on any atom is 0.332 e. The van der Waals surface area contributed by atoms with E-state index in [9.17, 15) is 14.0 Å². The molecule has 0 atom stereocenters. The molecule has 3 aromatic rings. The average molecular weight is 344 g/mol. The van der Waals surface area contributed by atoms with Crippen LogP contribution < -0.4 is 16.7 Å². The summed E-state index contributed by atoms with van der Waals surface area (Å²) in [4.78, 5) is 28.8. The van der Waals surface area contributed by atoms with Crippen molar-refractivity contribution in [2.24, 2.45) is 19.2 Å². The van der Waals surface area contributed by atoms with Gasteiger partial charge in [-0.3, -0.25) is 13.9 Å². The van der Waals surface area contributed by atoms with Gasteiger partial charge in [-0.15, -0.1) is 0 Å². The molecule has 1 aromatic carbocycles. The number of fused-ring (bicyclic) bond motifs is 1. The molecule has 0 spiro atoms. The topological polar surface area (TPSA) is 86.2 Å². The van der Waals surface area contributed by atoms with Gasteiger partial charge in [0.15, 0.2) is 11.2 Å². The maximum absolute atomic E-state index is 12.9. The molecule has 0 aliphatic carbocycles. The van der Waals surface area contributed by atoms with Gasteiger partial charge in [0.05, 0.1) is 6.21 Å². The van der Waals surface area contributed by atoms with Crippen LogP contribution in [0.25, 0.3) is 11.2 Å². The molecule has 0 radical (unpaired) electrons. The van der Waals surface area contributed by atoms with Crippen LogP contribution in [0.15, 0.2) is 39.0 Å². The Labute approximate surface area is 141 Å². The number of nitrogens with one attached hydrogen (secondary N) is 1. The molecule has 8 nitrogen and oxygen atoms in total. The zero-order chi connectivity index (χ0) is 18.1. The van der Waals surface area contributed by atoms with E-state index >= 15 is 0 Å². The van der Waals surface area contributed by atoms with E-state index in [2.05, 4.69) is 15.5 Å². The third-order valence-corrected chi connectivity index (χ3v) is 3.91. The Balaban J connectivity index is 2.03. The predicted octanol–water partition coefficient (Wildman–Crippen LogP) is 1.04. The van der Waals surface area contributed by atoms with Gasteiger partial charge in [0.2, 0.25) is 5.95 Å². The molecule has 2 aromatic heterocycles. The van der Waals surface area contributed by atoms with Crippen molar-refractivity contribution >= 4 is 23.3 Å². The highest BCUT2D eigenvalue weighted by Gasteiger charge is 2.17. The van der Waals surface area contributed by atoms with Crippen molar-refractivity contribution in [2.45, 2.75) is 13.5 Å². The van der Waals surface area contributed by atoms with Crippen LogP contribution in [0.1, 0.15) is 12.5 Å². The van der Waals surface area contributed by atoms with E-state index < -0.39 is 11.2 Å². The number of nitrogens with zero attached hydrogens (tertiary/aromatic N) is 5. The zero-order valence-electron chi connectivity index (χ0n) is 14.0. The van der Waals surface area contributed by atoms with E-state index in [0.717, 1.165) is 4.57 Å². The van der Waals surface area contributed by atoms with Gasteiger partial charge in [-0.25, -0.2) is 14.6 Å². The summed E-state index contributed by atoms with van der Waals surface area (Å²) in [6.45, 7) is 2.33. The molecular formula is C16H17FN6O2. The second-order valence-corrected chi connectivity index (χ2v) is 5.48. The van der Waals surface area contributed by atoms with Crippen molar-refractivity contribution in [3.8, 4) is 0 Å². The maximum atomic E-state index is 12.9. The summed E-state index contributed by atoms with van der Waals surface area (Å²) in [5.74, 6) is 0.0174. The minimum Gasteiger partial charge on any atom is -0.303 e. The number of rotatable bonds is 4. The van der Waals surface area contributed by atoms with Crippen LogP contribution in [0.5, 0.6) is 0 Å². The number of aryl methyl sites for hydroxylation is 2. The lowest BCUT2D eigenvalue weighted by molar-refractivity contribution is 0.628. The molecule has 9 heteroatoms. The van der Waals surface area contributed by atoms with Crippen LogP contribution in [0.4, 0.5) is 10.3 Å². The van der Waals surface area contributed by atoms with Gasteiger partial charge in [-0.1, -0.05) is 12.1 Å². The number of imidazole rings is 1. The molecule has 0 aliphatic rings. The molecule has 130 valence electrons. The van der Waals surface area contributed by atoms with Crippen LogP contribution in [0, 0.1) is 5.82 Å². The van der Waals surface area contributed by atoms with Crippen molar-refractivity contribution in [1.82, 2.24) is 18.7 Å². The van der Waals surface area contributed by atoms with Crippen LogP contribution in [0.3, 0.4) is 0 Å². The predicted molar refractivity (Wildman–Crippen MR) is 93.5 cm³/mol. The molecule has 0 aliphatic heterocycles. The molecule has 0 bridgehead atoms. The molecule has 0 amide bonds. The van der Waals surface area contributed by atoms with Crippen LogP contribution in [-0.2, 0) is 20.6 Å².